The second-order valence-electron chi connectivity index (χ2n) is 4.94. The fourth-order valence-corrected chi connectivity index (χ4v) is 3.69. The number of thiophene rings is 1. The van der Waals surface area contributed by atoms with Crippen molar-refractivity contribution in [3.63, 3.8) is 0 Å². The first-order valence-corrected chi connectivity index (χ1v) is 8.41. The van der Waals surface area contributed by atoms with E-state index >= 15 is 0 Å². The molecular weight excluding hydrogens is 309 g/mol. The van der Waals surface area contributed by atoms with Crippen molar-refractivity contribution in [2.75, 3.05) is 6.54 Å². The van der Waals surface area contributed by atoms with E-state index in [-0.39, 0.29) is 6.04 Å². The first-order valence-electron chi connectivity index (χ1n) is 6.83. The Kier molecular flexibility index (Phi) is 5.91. The number of halogens is 2. The van der Waals surface area contributed by atoms with E-state index in [0.29, 0.717) is 0 Å². The molecule has 0 aliphatic heterocycles. The molecule has 0 radical (unpaired) electrons. The van der Waals surface area contributed by atoms with Gasteiger partial charge >= 0.3 is 0 Å². The zero-order valence-corrected chi connectivity index (χ0v) is 14.1. The van der Waals surface area contributed by atoms with Crippen molar-refractivity contribution in [2.24, 2.45) is 0 Å². The first kappa shape index (κ1) is 15.8. The van der Waals surface area contributed by atoms with E-state index in [0.717, 1.165) is 34.3 Å². The van der Waals surface area contributed by atoms with Crippen molar-refractivity contribution < 1.29 is 0 Å². The van der Waals surface area contributed by atoms with E-state index in [9.17, 15) is 0 Å². The van der Waals surface area contributed by atoms with Gasteiger partial charge in [-0.25, -0.2) is 0 Å². The van der Waals surface area contributed by atoms with Gasteiger partial charge in [0.15, 0.2) is 0 Å². The zero-order chi connectivity index (χ0) is 14.5. The highest BCUT2D eigenvalue weighted by Crippen LogP contribution is 2.30. The maximum Gasteiger partial charge on any atom is 0.0931 e. The number of hydrogen-bond donors (Lipinski definition) is 1. The number of aryl methyl sites for hydroxylation is 1. The molecule has 0 aliphatic rings. The van der Waals surface area contributed by atoms with Crippen LogP contribution in [0.3, 0.4) is 0 Å². The van der Waals surface area contributed by atoms with Crippen LogP contribution in [0.15, 0.2) is 30.3 Å². The predicted molar refractivity (Wildman–Crippen MR) is 90.3 cm³/mol. The Morgan fingerprint density at radius 1 is 1.20 bits per heavy atom. The third-order valence-electron chi connectivity index (χ3n) is 3.21. The Balaban J connectivity index is 2.22. The Morgan fingerprint density at radius 3 is 2.60 bits per heavy atom. The molecule has 0 spiro atoms. The molecule has 1 nitrogen and oxygen atoms in total. The Bertz CT molecular complexity index is 565. The molecule has 1 N–H and O–H groups in total. The monoisotopic (exact) mass is 327 g/mol. The summed E-state index contributed by atoms with van der Waals surface area (Å²) in [5.41, 5.74) is 2.35. The third-order valence-corrected chi connectivity index (χ3v) is 4.79. The molecule has 108 valence electrons. The summed E-state index contributed by atoms with van der Waals surface area (Å²) in [4.78, 5) is 1.28. The van der Waals surface area contributed by atoms with Crippen LogP contribution in [0.4, 0.5) is 0 Å². The summed E-state index contributed by atoms with van der Waals surface area (Å²) < 4.78 is 0.837. The maximum atomic E-state index is 6.41. The molecule has 0 aliphatic carbocycles. The molecule has 2 rings (SSSR count). The first-order chi connectivity index (χ1) is 9.60. The van der Waals surface area contributed by atoms with Crippen LogP contribution in [0.1, 0.15) is 35.4 Å². The summed E-state index contributed by atoms with van der Waals surface area (Å²) in [6.07, 6.45) is 2.02. The number of hydrogen-bond acceptors (Lipinski definition) is 2. The second kappa shape index (κ2) is 7.46. The number of benzene rings is 1. The lowest BCUT2D eigenvalue weighted by Crippen LogP contribution is -2.24. The zero-order valence-electron chi connectivity index (χ0n) is 11.7. The van der Waals surface area contributed by atoms with Gasteiger partial charge in [0.05, 0.1) is 4.34 Å². The van der Waals surface area contributed by atoms with E-state index in [1.165, 1.54) is 10.4 Å². The molecule has 0 fully saturated rings. The van der Waals surface area contributed by atoms with Gasteiger partial charge in [-0.15, -0.1) is 11.3 Å². The average Bonchev–Trinajstić information content (AvgIpc) is 2.80. The summed E-state index contributed by atoms with van der Waals surface area (Å²) >= 11 is 14.1. The van der Waals surface area contributed by atoms with Gasteiger partial charge in [-0.3, -0.25) is 0 Å². The summed E-state index contributed by atoms with van der Waals surface area (Å²) in [5.74, 6) is 0. The van der Waals surface area contributed by atoms with Gasteiger partial charge in [-0.05, 0) is 49.2 Å². The summed E-state index contributed by atoms with van der Waals surface area (Å²) in [6.45, 7) is 5.21. The molecule has 2 aromatic rings. The fraction of sp³-hybridized carbons (Fsp3) is 0.375. The standard InChI is InChI=1S/C16H19Cl2NS/c1-3-8-19-15(10-12-5-7-16(18)20-12)13-6-4-11(2)9-14(13)17/h4-7,9,15,19H,3,8,10H2,1-2H3. The molecule has 1 unspecified atom stereocenters. The van der Waals surface area contributed by atoms with Crippen molar-refractivity contribution in [1.82, 2.24) is 5.32 Å². The molecule has 4 heteroatoms. The maximum absolute atomic E-state index is 6.41. The van der Waals surface area contributed by atoms with Crippen LogP contribution in [0.2, 0.25) is 9.36 Å². The van der Waals surface area contributed by atoms with Crippen LogP contribution in [0, 0.1) is 6.92 Å². The molecule has 1 heterocycles. The molecule has 1 atom stereocenters. The van der Waals surface area contributed by atoms with Crippen LogP contribution < -0.4 is 5.32 Å². The normalized spacial score (nSPS) is 12.6. The largest absolute Gasteiger partial charge is 0.310 e. The minimum atomic E-state index is 0.234. The molecule has 20 heavy (non-hydrogen) atoms. The van der Waals surface area contributed by atoms with Crippen molar-refractivity contribution in [3.05, 3.63) is 55.7 Å². The quantitative estimate of drug-likeness (QED) is 0.723. The lowest BCUT2D eigenvalue weighted by atomic mass is 10.0. The topological polar surface area (TPSA) is 12.0 Å². The van der Waals surface area contributed by atoms with Gasteiger partial charge < -0.3 is 5.32 Å². The van der Waals surface area contributed by atoms with E-state index in [1.54, 1.807) is 11.3 Å². The smallest absolute Gasteiger partial charge is 0.0931 e. The minimum absolute atomic E-state index is 0.234. The van der Waals surface area contributed by atoms with Crippen LogP contribution in [-0.2, 0) is 6.42 Å². The van der Waals surface area contributed by atoms with Crippen molar-refractivity contribution in [1.29, 1.82) is 0 Å². The van der Waals surface area contributed by atoms with Gasteiger partial charge in [-0.1, -0.05) is 42.3 Å². The molecule has 0 saturated carbocycles. The summed E-state index contributed by atoms with van der Waals surface area (Å²) in [5, 5.41) is 4.42. The summed E-state index contributed by atoms with van der Waals surface area (Å²) in [7, 11) is 0. The van der Waals surface area contributed by atoms with Crippen molar-refractivity contribution in [3.8, 4) is 0 Å². The average molecular weight is 328 g/mol. The molecule has 1 aromatic heterocycles. The third kappa shape index (κ3) is 4.23. The molecular formula is C16H19Cl2NS. The van der Waals surface area contributed by atoms with Gasteiger partial charge in [-0.2, -0.15) is 0 Å². The van der Waals surface area contributed by atoms with Crippen LogP contribution in [0.5, 0.6) is 0 Å². The molecule has 1 aromatic carbocycles. The molecule has 0 saturated heterocycles. The Hall–Kier alpha value is -0.540. The van der Waals surface area contributed by atoms with E-state index in [4.69, 9.17) is 23.2 Å². The highest BCUT2D eigenvalue weighted by atomic mass is 35.5. The van der Waals surface area contributed by atoms with E-state index in [1.807, 2.05) is 12.1 Å². The minimum Gasteiger partial charge on any atom is -0.310 e. The van der Waals surface area contributed by atoms with E-state index < -0.39 is 0 Å². The molecule has 0 amide bonds. The summed E-state index contributed by atoms with van der Waals surface area (Å²) in [6, 6.07) is 10.5. The lowest BCUT2D eigenvalue weighted by Gasteiger charge is -2.20. The highest BCUT2D eigenvalue weighted by Gasteiger charge is 2.15. The van der Waals surface area contributed by atoms with E-state index in [2.05, 4.69) is 37.4 Å². The Labute approximate surface area is 134 Å². The lowest BCUT2D eigenvalue weighted by molar-refractivity contribution is 0.532. The highest BCUT2D eigenvalue weighted by molar-refractivity contribution is 7.16. The number of rotatable bonds is 6. The second-order valence-corrected chi connectivity index (χ2v) is 7.15. The van der Waals surface area contributed by atoms with Gasteiger partial charge in [0.2, 0.25) is 0 Å². The molecule has 0 bridgehead atoms. The van der Waals surface area contributed by atoms with Crippen LogP contribution in [-0.4, -0.2) is 6.54 Å². The van der Waals surface area contributed by atoms with Crippen molar-refractivity contribution >= 4 is 34.5 Å². The van der Waals surface area contributed by atoms with Gasteiger partial charge in [0.25, 0.3) is 0 Å². The van der Waals surface area contributed by atoms with Crippen LogP contribution >= 0.6 is 34.5 Å². The number of nitrogens with one attached hydrogen (secondary N) is 1. The fourth-order valence-electron chi connectivity index (χ4n) is 2.19. The van der Waals surface area contributed by atoms with Gasteiger partial charge in [0.1, 0.15) is 0 Å². The SMILES string of the molecule is CCCNC(Cc1ccc(Cl)s1)c1ccc(C)cc1Cl. The Morgan fingerprint density at radius 2 is 2.00 bits per heavy atom. The van der Waals surface area contributed by atoms with Gasteiger partial charge in [0, 0.05) is 22.4 Å². The predicted octanol–water partition coefficient (Wildman–Crippen LogP) is 5.65. The van der Waals surface area contributed by atoms with Crippen LogP contribution in [0.25, 0.3) is 0 Å². The van der Waals surface area contributed by atoms with Crippen molar-refractivity contribution in [2.45, 2.75) is 32.7 Å².